The van der Waals surface area contributed by atoms with Gasteiger partial charge in [-0.05, 0) is 12.8 Å². The number of nitrogens with one attached hydrogen (secondary N) is 2. The molecule has 3 saturated heterocycles. The predicted molar refractivity (Wildman–Crippen MR) is 172 cm³/mol. The second-order valence-corrected chi connectivity index (χ2v) is 11.9. The summed E-state index contributed by atoms with van der Waals surface area (Å²) >= 11 is 0. The molecule has 4 bridgehead atoms. The van der Waals surface area contributed by atoms with Crippen LogP contribution in [0.15, 0.2) is 0 Å². The summed E-state index contributed by atoms with van der Waals surface area (Å²) in [6.07, 6.45) is 1.39. The predicted octanol–water partition coefficient (Wildman–Crippen LogP) is -3.76. The fraction of sp³-hybridized carbons (Fsp3) is 0.800. The SMILES string of the molecule is NC(=O)CCC(=O)NCCCOCCOCCOCCCNC(=O)CN1CCN2CCN3CCN(CC1)CC(=O)ON(OC(=O)C2)OC(=O)C3. The standard InChI is InChI=1S/C30H52N8O12/c31-25(39)3-4-26(40)32-5-1-15-45-17-19-47-20-18-46-16-2-6-33-27(41)21-34-7-9-35-11-13-37-14-12-36(10-8-34)23-29(43)49-38(48-28(42)22-35)50-30(44)24-37/h1-24H2,(H2,31,39)(H,32,40)(H,33,41). The Morgan fingerprint density at radius 1 is 0.580 bits per heavy atom. The average Bonchev–Trinajstić information content (AvgIpc) is 3.09. The number of nitrogens with two attached hydrogens (primary N) is 1. The molecule has 3 amide bonds. The van der Waals surface area contributed by atoms with Gasteiger partial charge in [0.25, 0.3) is 0 Å². The Kier molecular flexibility index (Phi) is 19.5. The van der Waals surface area contributed by atoms with Gasteiger partial charge in [-0.25, -0.2) is 14.4 Å². The van der Waals surface area contributed by atoms with Crippen LogP contribution in [0.4, 0.5) is 0 Å². The number of amides is 3. The molecule has 2 unspecified atom stereocenters. The summed E-state index contributed by atoms with van der Waals surface area (Å²) < 4.78 is 16.5. The van der Waals surface area contributed by atoms with Crippen LogP contribution in [-0.2, 0) is 57.5 Å². The van der Waals surface area contributed by atoms with E-state index in [1.807, 2.05) is 19.6 Å². The number of hydrogen-bond donors (Lipinski definition) is 3. The van der Waals surface area contributed by atoms with Crippen LogP contribution < -0.4 is 16.4 Å². The normalized spacial score (nSPS) is 23.6. The number of ether oxygens (including phenoxy) is 3. The number of primary amides is 1. The zero-order valence-corrected chi connectivity index (χ0v) is 28.7. The van der Waals surface area contributed by atoms with Gasteiger partial charge in [-0.2, -0.15) is 0 Å². The zero-order chi connectivity index (χ0) is 36.0. The maximum atomic E-state index is 12.8. The van der Waals surface area contributed by atoms with E-state index in [-0.39, 0.29) is 56.2 Å². The van der Waals surface area contributed by atoms with Crippen molar-refractivity contribution in [1.29, 1.82) is 0 Å². The molecule has 0 radical (unpaired) electrons. The summed E-state index contributed by atoms with van der Waals surface area (Å²) in [5.74, 6) is -3.10. The summed E-state index contributed by atoms with van der Waals surface area (Å²) in [7, 11) is 0. The topological polar surface area (TPSA) is 224 Å². The van der Waals surface area contributed by atoms with Crippen molar-refractivity contribution >= 4 is 35.6 Å². The number of nitrogens with zero attached hydrogens (tertiary/aromatic N) is 5. The van der Waals surface area contributed by atoms with Crippen molar-refractivity contribution in [3.05, 3.63) is 0 Å². The Bertz CT molecular complexity index is 1070. The Morgan fingerprint density at radius 2 is 0.980 bits per heavy atom. The molecular formula is C30H52N8O12. The monoisotopic (exact) mass is 716 g/mol. The van der Waals surface area contributed by atoms with E-state index in [0.717, 1.165) is 0 Å². The van der Waals surface area contributed by atoms with Crippen LogP contribution in [-0.4, -0.2) is 192 Å². The van der Waals surface area contributed by atoms with Crippen molar-refractivity contribution < 1.29 is 57.5 Å². The van der Waals surface area contributed by atoms with Crippen molar-refractivity contribution in [3.8, 4) is 0 Å². The minimum Gasteiger partial charge on any atom is -0.379 e. The van der Waals surface area contributed by atoms with E-state index in [4.69, 9.17) is 34.5 Å². The van der Waals surface area contributed by atoms with Crippen LogP contribution >= 0.6 is 0 Å². The average molecular weight is 717 g/mol. The van der Waals surface area contributed by atoms with E-state index in [2.05, 4.69) is 10.6 Å². The fourth-order valence-electron chi connectivity index (χ4n) is 5.08. The van der Waals surface area contributed by atoms with Crippen LogP contribution in [0.3, 0.4) is 0 Å². The molecule has 20 heteroatoms. The van der Waals surface area contributed by atoms with Gasteiger partial charge in [-0.1, -0.05) is 0 Å². The first kappa shape index (κ1) is 40.9. The molecule has 3 aliphatic heterocycles. The summed E-state index contributed by atoms with van der Waals surface area (Å²) in [6, 6.07) is 0. The second kappa shape index (κ2) is 23.8. The molecule has 3 rings (SSSR count). The molecule has 0 aliphatic carbocycles. The Labute approximate surface area is 291 Å². The van der Waals surface area contributed by atoms with Gasteiger partial charge in [0.2, 0.25) is 23.1 Å². The number of rotatable bonds is 19. The summed E-state index contributed by atoms with van der Waals surface area (Å²) in [5.41, 5.74) is 5.01. The van der Waals surface area contributed by atoms with E-state index < -0.39 is 23.8 Å². The molecule has 50 heavy (non-hydrogen) atoms. The second-order valence-electron chi connectivity index (χ2n) is 11.9. The number of fused-ring (bicyclic) bond motifs is 7. The van der Waals surface area contributed by atoms with Gasteiger partial charge in [0.1, 0.15) is 0 Å². The Morgan fingerprint density at radius 3 is 1.42 bits per heavy atom. The highest BCUT2D eigenvalue weighted by atomic mass is 17.2. The minimum absolute atomic E-state index is 0.0354. The fourth-order valence-corrected chi connectivity index (χ4v) is 5.08. The molecule has 0 spiro atoms. The van der Waals surface area contributed by atoms with Gasteiger partial charge >= 0.3 is 17.9 Å². The Balaban J connectivity index is 1.29. The molecule has 4 N–H and O–H groups in total. The highest BCUT2D eigenvalue weighted by Gasteiger charge is 2.30. The maximum absolute atomic E-state index is 12.8. The smallest absolute Gasteiger partial charge is 0.346 e. The van der Waals surface area contributed by atoms with Crippen molar-refractivity contribution in [2.75, 3.05) is 131 Å². The third-order valence-corrected chi connectivity index (χ3v) is 7.80. The first-order chi connectivity index (χ1) is 24.2. The van der Waals surface area contributed by atoms with E-state index in [0.29, 0.717) is 118 Å². The molecule has 20 nitrogen and oxygen atoms in total. The number of hydrogen-bond acceptors (Lipinski definition) is 17. The molecule has 3 heterocycles. The highest BCUT2D eigenvalue weighted by molar-refractivity contribution is 5.82. The lowest BCUT2D eigenvalue weighted by Crippen LogP contribution is -2.50. The molecule has 284 valence electrons. The third-order valence-electron chi connectivity index (χ3n) is 7.80. The van der Waals surface area contributed by atoms with Crippen molar-refractivity contribution in [2.45, 2.75) is 25.7 Å². The lowest BCUT2D eigenvalue weighted by molar-refractivity contribution is -0.464. The molecule has 0 saturated carbocycles. The van der Waals surface area contributed by atoms with E-state index >= 15 is 0 Å². The summed E-state index contributed by atoms with van der Waals surface area (Å²) in [5, 5.41) is 5.82. The van der Waals surface area contributed by atoms with Gasteiger partial charge in [0.05, 0.1) is 52.6 Å². The largest absolute Gasteiger partial charge is 0.379 e. The van der Waals surface area contributed by atoms with Crippen LogP contribution in [0.2, 0.25) is 0 Å². The van der Waals surface area contributed by atoms with Gasteiger partial charge in [0.15, 0.2) is 0 Å². The summed E-state index contributed by atoms with van der Waals surface area (Å²) in [6.45, 7) is 7.13. The van der Waals surface area contributed by atoms with Crippen molar-refractivity contribution in [1.82, 2.24) is 35.6 Å². The molecule has 0 aromatic heterocycles. The molecule has 0 aromatic rings. The maximum Gasteiger partial charge on any atom is 0.346 e. The van der Waals surface area contributed by atoms with Crippen LogP contribution in [0.25, 0.3) is 0 Å². The van der Waals surface area contributed by atoms with E-state index in [1.54, 1.807) is 0 Å². The van der Waals surface area contributed by atoms with Crippen LogP contribution in [0.1, 0.15) is 25.7 Å². The molecule has 0 aromatic carbocycles. The quantitative estimate of drug-likeness (QED) is 0.109. The lowest BCUT2D eigenvalue weighted by atomic mass is 10.3. The molecular weight excluding hydrogens is 664 g/mol. The Hall–Kier alpha value is -3.50. The molecule has 3 aliphatic rings. The molecule has 2 atom stereocenters. The number of carbonyl (C=O) groups excluding carboxylic acids is 6. The van der Waals surface area contributed by atoms with Gasteiger partial charge < -0.3 is 30.6 Å². The lowest BCUT2D eigenvalue weighted by Gasteiger charge is -2.33. The molecule has 3 fully saturated rings. The third kappa shape index (κ3) is 18.5. The van der Waals surface area contributed by atoms with E-state index in [1.165, 1.54) is 0 Å². The zero-order valence-electron chi connectivity index (χ0n) is 28.7. The van der Waals surface area contributed by atoms with Crippen LogP contribution in [0, 0.1) is 0 Å². The van der Waals surface area contributed by atoms with Gasteiger partial charge in [-0.15, -0.1) is 0 Å². The van der Waals surface area contributed by atoms with Gasteiger partial charge in [0, 0.05) is 91.5 Å². The van der Waals surface area contributed by atoms with Crippen molar-refractivity contribution in [2.24, 2.45) is 5.73 Å². The minimum atomic E-state index is -0.760. The first-order valence-electron chi connectivity index (χ1n) is 17.0. The van der Waals surface area contributed by atoms with E-state index in [9.17, 15) is 28.8 Å². The first-order valence-corrected chi connectivity index (χ1v) is 17.0. The summed E-state index contributed by atoms with van der Waals surface area (Å²) in [4.78, 5) is 95.2. The van der Waals surface area contributed by atoms with Crippen LogP contribution in [0.5, 0.6) is 0 Å². The van der Waals surface area contributed by atoms with Gasteiger partial charge in [-0.3, -0.25) is 48.5 Å². The highest BCUT2D eigenvalue weighted by Crippen LogP contribution is 2.08. The van der Waals surface area contributed by atoms with Crippen molar-refractivity contribution in [3.63, 3.8) is 0 Å². The number of carbonyl (C=O) groups is 6.